The third-order valence-electron chi connectivity index (χ3n) is 4.61. The number of carbonyl (C=O) groups excluding carboxylic acids is 3. The molecular weight excluding hydrogens is 378 g/mol. The van der Waals surface area contributed by atoms with Gasteiger partial charge in [0.1, 0.15) is 17.2 Å². The molecule has 0 amide bonds. The first-order valence-corrected chi connectivity index (χ1v) is 9.08. The molecule has 154 valence electrons. The monoisotopic (exact) mass is 401 g/mol. The fraction of sp³-hybridized carbons (Fsp3) is 0.450. The Labute approximate surface area is 168 Å². The van der Waals surface area contributed by atoms with Gasteiger partial charge < -0.3 is 14.2 Å². The molecule has 1 aromatic carbocycles. The second-order valence-corrected chi connectivity index (χ2v) is 7.12. The van der Waals surface area contributed by atoms with Crippen molar-refractivity contribution in [3.63, 3.8) is 0 Å². The van der Waals surface area contributed by atoms with Crippen molar-refractivity contribution in [1.82, 2.24) is 0 Å². The minimum Gasteiger partial charge on any atom is -0.458 e. The normalized spacial score (nSPS) is 21.5. The van der Waals surface area contributed by atoms with E-state index in [4.69, 9.17) is 19.7 Å². The number of carbonyl (C=O) groups is 3. The number of rotatable bonds is 7. The van der Waals surface area contributed by atoms with Gasteiger partial charge in [0.15, 0.2) is 12.2 Å². The van der Waals surface area contributed by atoms with Crippen LogP contribution in [-0.4, -0.2) is 36.2 Å². The van der Waals surface area contributed by atoms with E-state index in [0.717, 1.165) is 5.56 Å². The van der Waals surface area contributed by atoms with Gasteiger partial charge >= 0.3 is 17.9 Å². The standard InChI is InChI=1S/C20H23N3O6/c1-5-14(22-23-21)18(25)27-12(2)17(24)29-16-15(28-19(26)20(16,3)4)11-13-9-7-6-8-10-13/h5-10,12,15-16H,11H2,1-4H3/b14-5-/t12?,15-,16+/m1/s1. The van der Waals surface area contributed by atoms with Crippen LogP contribution in [0.3, 0.4) is 0 Å². The number of ether oxygens (including phenoxy) is 3. The third-order valence-corrected chi connectivity index (χ3v) is 4.61. The first-order valence-electron chi connectivity index (χ1n) is 9.08. The van der Waals surface area contributed by atoms with Crippen LogP contribution in [0, 0.1) is 5.41 Å². The van der Waals surface area contributed by atoms with Crippen LogP contribution in [0.2, 0.25) is 0 Å². The minimum absolute atomic E-state index is 0.270. The zero-order chi connectivity index (χ0) is 21.6. The maximum Gasteiger partial charge on any atom is 0.347 e. The molecule has 0 N–H and O–H groups in total. The molecule has 3 atom stereocenters. The van der Waals surface area contributed by atoms with Gasteiger partial charge in [-0.2, -0.15) is 0 Å². The highest BCUT2D eigenvalue weighted by molar-refractivity contribution is 5.90. The van der Waals surface area contributed by atoms with E-state index >= 15 is 0 Å². The van der Waals surface area contributed by atoms with Gasteiger partial charge in [0.25, 0.3) is 0 Å². The Balaban J connectivity index is 2.11. The summed E-state index contributed by atoms with van der Waals surface area (Å²) in [5.41, 5.74) is 8.05. The van der Waals surface area contributed by atoms with Crippen LogP contribution < -0.4 is 0 Å². The van der Waals surface area contributed by atoms with E-state index in [1.54, 1.807) is 13.8 Å². The second-order valence-electron chi connectivity index (χ2n) is 7.12. The summed E-state index contributed by atoms with van der Waals surface area (Å²) in [6, 6.07) is 9.37. The van der Waals surface area contributed by atoms with Gasteiger partial charge in [-0.05, 0) is 38.8 Å². The first kappa shape index (κ1) is 22.0. The Morgan fingerprint density at radius 1 is 1.34 bits per heavy atom. The Morgan fingerprint density at radius 2 is 2.00 bits per heavy atom. The van der Waals surface area contributed by atoms with Crippen LogP contribution in [0.5, 0.6) is 0 Å². The van der Waals surface area contributed by atoms with Gasteiger partial charge in [0.05, 0.1) is 0 Å². The molecule has 0 bridgehead atoms. The molecule has 1 saturated heterocycles. The molecule has 1 heterocycles. The zero-order valence-corrected chi connectivity index (χ0v) is 16.7. The van der Waals surface area contributed by atoms with Crippen molar-refractivity contribution in [2.45, 2.75) is 52.4 Å². The predicted molar refractivity (Wildman–Crippen MR) is 102 cm³/mol. The van der Waals surface area contributed by atoms with Crippen molar-refractivity contribution in [2.24, 2.45) is 10.5 Å². The molecule has 0 spiro atoms. The fourth-order valence-corrected chi connectivity index (χ4v) is 2.90. The summed E-state index contributed by atoms with van der Waals surface area (Å²) < 4.78 is 16.0. The Hall–Kier alpha value is -3.32. The highest BCUT2D eigenvalue weighted by Crippen LogP contribution is 2.37. The van der Waals surface area contributed by atoms with E-state index in [-0.39, 0.29) is 5.70 Å². The first-order chi connectivity index (χ1) is 13.7. The van der Waals surface area contributed by atoms with E-state index < -0.39 is 41.6 Å². The maximum absolute atomic E-state index is 12.5. The van der Waals surface area contributed by atoms with Crippen LogP contribution in [-0.2, 0) is 35.0 Å². The van der Waals surface area contributed by atoms with Gasteiger partial charge in [-0.15, -0.1) is 0 Å². The number of hydrogen-bond acceptors (Lipinski definition) is 7. The Kier molecular flexibility index (Phi) is 7.01. The van der Waals surface area contributed by atoms with Crippen LogP contribution in [0.15, 0.2) is 47.2 Å². The molecule has 0 aromatic heterocycles. The lowest BCUT2D eigenvalue weighted by molar-refractivity contribution is -0.173. The van der Waals surface area contributed by atoms with Crippen molar-refractivity contribution >= 4 is 17.9 Å². The molecule has 0 radical (unpaired) electrons. The molecule has 1 aromatic rings. The predicted octanol–water partition coefficient (Wildman–Crippen LogP) is 3.24. The Morgan fingerprint density at radius 3 is 2.59 bits per heavy atom. The summed E-state index contributed by atoms with van der Waals surface area (Å²) >= 11 is 0. The van der Waals surface area contributed by atoms with Crippen molar-refractivity contribution in [1.29, 1.82) is 0 Å². The molecule has 9 heteroatoms. The fourth-order valence-electron chi connectivity index (χ4n) is 2.90. The summed E-state index contributed by atoms with van der Waals surface area (Å²) in [4.78, 5) is 39.3. The van der Waals surface area contributed by atoms with Gasteiger partial charge in [0, 0.05) is 11.3 Å². The summed E-state index contributed by atoms with van der Waals surface area (Å²) in [5, 5.41) is 3.20. The second kappa shape index (κ2) is 9.25. The van der Waals surface area contributed by atoms with E-state index in [0.29, 0.717) is 6.42 Å². The lowest BCUT2D eigenvalue weighted by atomic mass is 9.85. The maximum atomic E-state index is 12.5. The summed E-state index contributed by atoms with van der Waals surface area (Å²) in [6.45, 7) is 6.09. The topological polar surface area (TPSA) is 128 Å². The van der Waals surface area contributed by atoms with Crippen LogP contribution in [0.1, 0.15) is 33.3 Å². The molecular formula is C20H23N3O6. The van der Waals surface area contributed by atoms with Crippen molar-refractivity contribution in [3.8, 4) is 0 Å². The van der Waals surface area contributed by atoms with Crippen molar-refractivity contribution in [3.05, 3.63) is 58.1 Å². The Bertz CT molecular complexity index is 858. The largest absolute Gasteiger partial charge is 0.458 e. The van der Waals surface area contributed by atoms with E-state index in [1.165, 1.54) is 19.9 Å². The number of hydrogen-bond donors (Lipinski definition) is 0. The minimum atomic E-state index is -1.27. The van der Waals surface area contributed by atoms with E-state index in [9.17, 15) is 14.4 Å². The molecule has 9 nitrogen and oxygen atoms in total. The lowest BCUT2D eigenvalue weighted by Crippen LogP contribution is -2.42. The van der Waals surface area contributed by atoms with Gasteiger partial charge in [-0.1, -0.05) is 41.5 Å². The molecule has 2 rings (SSSR count). The SMILES string of the molecule is C/C=C(\N=[N+]=[N-])C(=O)OC(C)C(=O)O[C@H]1[C@@H](Cc2ccccc2)OC(=O)C1(C)C. The molecule has 1 fully saturated rings. The van der Waals surface area contributed by atoms with Crippen LogP contribution in [0.4, 0.5) is 0 Å². The van der Waals surface area contributed by atoms with Gasteiger partial charge in [0.2, 0.25) is 0 Å². The van der Waals surface area contributed by atoms with Crippen molar-refractivity contribution < 1.29 is 28.6 Å². The number of cyclic esters (lactones) is 1. The molecule has 1 aliphatic heterocycles. The number of esters is 3. The number of benzene rings is 1. The smallest absolute Gasteiger partial charge is 0.347 e. The quantitative estimate of drug-likeness (QED) is 0.172. The van der Waals surface area contributed by atoms with Crippen LogP contribution in [0.25, 0.3) is 10.4 Å². The molecule has 1 unspecified atom stereocenters. The van der Waals surface area contributed by atoms with Crippen molar-refractivity contribution in [2.75, 3.05) is 0 Å². The summed E-state index contributed by atoms with van der Waals surface area (Å²) in [6.07, 6.45) is -1.15. The number of azide groups is 1. The number of nitrogens with zero attached hydrogens (tertiary/aromatic N) is 3. The number of allylic oxidation sites excluding steroid dienone is 1. The summed E-state index contributed by atoms with van der Waals surface area (Å²) in [5.74, 6) is -2.25. The van der Waals surface area contributed by atoms with Gasteiger partial charge in [-0.25, -0.2) is 9.59 Å². The average Bonchev–Trinajstić information content (AvgIpc) is 2.89. The molecule has 0 aliphatic carbocycles. The molecule has 29 heavy (non-hydrogen) atoms. The van der Waals surface area contributed by atoms with Crippen LogP contribution >= 0.6 is 0 Å². The molecule has 0 saturated carbocycles. The summed E-state index contributed by atoms with van der Waals surface area (Å²) in [7, 11) is 0. The van der Waals surface area contributed by atoms with E-state index in [1.807, 2.05) is 30.3 Å². The lowest BCUT2D eigenvalue weighted by Gasteiger charge is -2.26. The molecule has 1 aliphatic rings. The van der Waals surface area contributed by atoms with E-state index in [2.05, 4.69) is 10.0 Å². The highest BCUT2D eigenvalue weighted by atomic mass is 16.6. The third kappa shape index (κ3) is 5.14. The zero-order valence-electron chi connectivity index (χ0n) is 16.7. The van der Waals surface area contributed by atoms with Gasteiger partial charge in [-0.3, -0.25) is 4.79 Å². The average molecular weight is 401 g/mol. The highest BCUT2D eigenvalue weighted by Gasteiger charge is 2.53.